The summed E-state index contributed by atoms with van der Waals surface area (Å²) < 4.78 is 5.54. The zero-order chi connectivity index (χ0) is 15.1. The number of ether oxygens (including phenoxy) is 1. The summed E-state index contributed by atoms with van der Waals surface area (Å²) in [7, 11) is 0. The summed E-state index contributed by atoms with van der Waals surface area (Å²) in [5, 5.41) is 3.20. The molecule has 0 spiro atoms. The lowest BCUT2D eigenvalue weighted by atomic mass is 10.2. The van der Waals surface area contributed by atoms with Crippen molar-refractivity contribution in [2.24, 2.45) is 0 Å². The molecule has 0 bridgehead atoms. The quantitative estimate of drug-likeness (QED) is 0.848. The molecule has 0 saturated carbocycles. The van der Waals surface area contributed by atoms with E-state index in [-0.39, 0.29) is 12.0 Å². The molecule has 1 N–H and O–H groups in total. The summed E-state index contributed by atoms with van der Waals surface area (Å²) in [5.41, 5.74) is 0.565. The third-order valence-corrected chi connectivity index (χ3v) is 3.12. The highest BCUT2D eigenvalue weighted by Crippen LogP contribution is 2.13. The average Bonchev–Trinajstić information content (AvgIpc) is 2.40. The summed E-state index contributed by atoms with van der Waals surface area (Å²) in [4.78, 5) is 14.0. The van der Waals surface area contributed by atoms with Gasteiger partial charge in [-0.15, -0.1) is 0 Å². The molecular formula is C15H22N2O2S. The molecule has 5 heteroatoms. The number of carbonyl (C=O) groups excluding carboxylic acids is 1. The van der Waals surface area contributed by atoms with Gasteiger partial charge in [0.25, 0.3) is 5.91 Å². The Morgan fingerprint density at radius 2 is 1.80 bits per heavy atom. The molecule has 0 heterocycles. The Balaban J connectivity index is 2.66. The lowest BCUT2D eigenvalue weighted by Crippen LogP contribution is -2.42. The molecule has 0 saturated heterocycles. The van der Waals surface area contributed by atoms with Gasteiger partial charge in [0.1, 0.15) is 5.75 Å². The van der Waals surface area contributed by atoms with Gasteiger partial charge < -0.3 is 9.64 Å². The minimum Gasteiger partial charge on any atom is -0.491 e. The van der Waals surface area contributed by atoms with Gasteiger partial charge in [-0.25, -0.2) is 0 Å². The molecule has 1 aromatic carbocycles. The van der Waals surface area contributed by atoms with Crippen LogP contribution in [0, 0.1) is 0 Å². The van der Waals surface area contributed by atoms with Gasteiger partial charge in [0.05, 0.1) is 6.10 Å². The van der Waals surface area contributed by atoms with Crippen LogP contribution in [0.15, 0.2) is 24.3 Å². The fraction of sp³-hybridized carbons (Fsp3) is 0.467. The number of rotatable bonds is 5. The summed E-state index contributed by atoms with van der Waals surface area (Å²) in [5.74, 6) is 0.556. The van der Waals surface area contributed by atoms with Crippen molar-refractivity contribution in [1.29, 1.82) is 0 Å². The SMILES string of the molecule is CCN(CC)C(=S)NC(=O)c1ccc(OC(C)C)cc1. The zero-order valence-corrected chi connectivity index (χ0v) is 13.3. The van der Waals surface area contributed by atoms with Gasteiger partial charge in [0.2, 0.25) is 0 Å². The first-order valence-electron chi connectivity index (χ1n) is 6.84. The number of hydrogen-bond donors (Lipinski definition) is 1. The van der Waals surface area contributed by atoms with Crippen LogP contribution < -0.4 is 10.1 Å². The maximum absolute atomic E-state index is 12.1. The average molecular weight is 294 g/mol. The lowest BCUT2D eigenvalue weighted by molar-refractivity contribution is 0.0973. The minimum absolute atomic E-state index is 0.116. The Morgan fingerprint density at radius 1 is 1.25 bits per heavy atom. The van der Waals surface area contributed by atoms with E-state index in [1.807, 2.05) is 32.6 Å². The summed E-state index contributed by atoms with van der Waals surface area (Å²) in [6.45, 7) is 9.47. The van der Waals surface area contributed by atoms with Gasteiger partial charge in [-0.1, -0.05) is 0 Å². The molecule has 0 aliphatic carbocycles. The highest BCUT2D eigenvalue weighted by atomic mass is 32.1. The molecule has 1 aromatic rings. The molecular weight excluding hydrogens is 272 g/mol. The van der Waals surface area contributed by atoms with E-state index < -0.39 is 0 Å². The molecule has 0 atom stereocenters. The number of nitrogens with one attached hydrogen (secondary N) is 1. The molecule has 0 unspecified atom stereocenters. The molecule has 0 radical (unpaired) electrons. The topological polar surface area (TPSA) is 41.6 Å². The normalized spacial score (nSPS) is 10.2. The Labute approximate surface area is 126 Å². The van der Waals surface area contributed by atoms with Crippen LogP contribution in [0.5, 0.6) is 5.75 Å². The third-order valence-electron chi connectivity index (χ3n) is 2.76. The smallest absolute Gasteiger partial charge is 0.257 e. The summed E-state index contributed by atoms with van der Waals surface area (Å²) in [6.07, 6.45) is 0.116. The van der Waals surface area contributed by atoms with Crippen LogP contribution in [-0.2, 0) is 0 Å². The van der Waals surface area contributed by atoms with Crippen molar-refractivity contribution in [3.63, 3.8) is 0 Å². The predicted octanol–water partition coefficient (Wildman–Crippen LogP) is 2.83. The second kappa shape index (κ2) is 7.85. The van der Waals surface area contributed by atoms with Crippen LogP contribution >= 0.6 is 12.2 Å². The zero-order valence-electron chi connectivity index (χ0n) is 12.5. The Hall–Kier alpha value is -1.62. The molecule has 0 aliphatic rings. The van der Waals surface area contributed by atoms with E-state index in [0.29, 0.717) is 10.7 Å². The van der Waals surface area contributed by atoms with Crippen molar-refractivity contribution in [3.05, 3.63) is 29.8 Å². The van der Waals surface area contributed by atoms with Crippen molar-refractivity contribution in [3.8, 4) is 5.75 Å². The van der Waals surface area contributed by atoms with E-state index in [0.717, 1.165) is 18.8 Å². The maximum atomic E-state index is 12.1. The number of hydrogen-bond acceptors (Lipinski definition) is 3. The maximum Gasteiger partial charge on any atom is 0.257 e. The lowest BCUT2D eigenvalue weighted by Gasteiger charge is -2.21. The number of carbonyl (C=O) groups is 1. The van der Waals surface area contributed by atoms with E-state index in [4.69, 9.17) is 17.0 Å². The Kier molecular flexibility index (Phi) is 6.45. The molecule has 0 aliphatic heterocycles. The number of thiocarbonyl (C=S) groups is 1. The van der Waals surface area contributed by atoms with Crippen LogP contribution in [0.25, 0.3) is 0 Å². The van der Waals surface area contributed by atoms with Crippen LogP contribution in [0.2, 0.25) is 0 Å². The van der Waals surface area contributed by atoms with Crippen molar-refractivity contribution < 1.29 is 9.53 Å². The van der Waals surface area contributed by atoms with Crippen molar-refractivity contribution in [2.75, 3.05) is 13.1 Å². The molecule has 4 nitrogen and oxygen atoms in total. The largest absolute Gasteiger partial charge is 0.491 e. The number of amides is 1. The molecule has 1 rings (SSSR count). The first-order chi connectivity index (χ1) is 9.47. The van der Waals surface area contributed by atoms with Crippen LogP contribution in [0.3, 0.4) is 0 Å². The van der Waals surface area contributed by atoms with E-state index in [2.05, 4.69) is 5.32 Å². The molecule has 1 amide bonds. The van der Waals surface area contributed by atoms with Gasteiger partial charge in [0, 0.05) is 18.7 Å². The Morgan fingerprint density at radius 3 is 2.25 bits per heavy atom. The molecule has 0 fully saturated rings. The Bertz CT molecular complexity index is 453. The van der Waals surface area contributed by atoms with Gasteiger partial charge in [-0.2, -0.15) is 0 Å². The van der Waals surface area contributed by atoms with E-state index in [1.165, 1.54) is 0 Å². The van der Waals surface area contributed by atoms with Crippen LogP contribution in [-0.4, -0.2) is 35.1 Å². The van der Waals surface area contributed by atoms with Gasteiger partial charge in [0.15, 0.2) is 5.11 Å². The second-order valence-corrected chi connectivity index (χ2v) is 5.01. The predicted molar refractivity (Wildman–Crippen MR) is 85.2 cm³/mol. The fourth-order valence-electron chi connectivity index (χ4n) is 1.72. The summed E-state index contributed by atoms with van der Waals surface area (Å²) in [6, 6.07) is 7.04. The summed E-state index contributed by atoms with van der Waals surface area (Å²) >= 11 is 5.20. The monoisotopic (exact) mass is 294 g/mol. The highest BCUT2D eigenvalue weighted by Gasteiger charge is 2.11. The van der Waals surface area contributed by atoms with Crippen LogP contribution in [0.4, 0.5) is 0 Å². The van der Waals surface area contributed by atoms with Crippen molar-refractivity contribution in [1.82, 2.24) is 10.2 Å². The number of benzene rings is 1. The second-order valence-electron chi connectivity index (χ2n) is 4.62. The third kappa shape index (κ3) is 4.81. The van der Waals surface area contributed by atoms with E-state index >= 15 is 0 Å². The van der Waals surface area contributed by atoms with E-state index in [1.54, 1.807) is 24.3 Å². The fourth-order valence-corrected chi connectivity index (χ4v) is 2.07. The van der Waals surface area contributed by atoms with Crippen LogP contribution in [0.1, 0.15) is 38.1 Å². The standard InChI is InChI=1S/C15H22N2O2S/c1-5-17(6-2)15(20)16-14(18)12-7-9-13(10-8-12)19-11(3)4/h7-11H,5-6H2,1-4H3,(H,16,18,20). The van der Waals surface area contributed by atoms with Gasteiger partial charge in [-0.3, -0.25) is 10.1 Å². The van der Waals surface area contributed by atoms with Crippen molar-refractivity contribution >= 4 is 23.2 Å². The number of nitrogens with zero attached hydrogens (tertiary/aromatic N) is 1. The van der Waals surface area contributed by atoms with Gasteiger partial charge >= 0.3 is 0 Å². The highest BCUT2D eigenvalue weighted by molar-refractivity contribution is 7.80. The minimum atomic E-state index is -0.196. The first-order valence-corrected chi connectivity index (χ1v) is 7.25. The van der Waals surface area contributed by atoms with Crippen molar-refractivity contribution in [2.45, 2.75) is 33.8 Å². The molecule has 110 valence electrons. The van der Waals surface area contributed by atoms with E-state index in [9.17, 15) is 4.79 Å². The molecule has 20 heavy (non-hydrogen) atoms. The van der Waals surface area contributed by atoms with Gasteiger partial charge in [-0.05, 0) is 64.2 Å². The first kappa shape index (κ1) is 16.4. The molecule has 0 aromatic heterocycles.